The number of rotatable bonds is 5. The number of nitrogens with one attached hydrogen (secondary N) is 1. The molecule has 1 aromatic carbocycles. The SMILES string of the molecule is O=C(O)c1cc(S(=O)(=O)NCCC(F)(F)F)c(Cl)cc1Cl. The summed E-state index contributed by atoms with van der Waals surface area (Å²) in [6, 6.07) is 1.58. The number of halogens is 5. The first-order valence-electron chi connectivity index (χ1n) is 5.23. The third-order valence-corrected chi connectivity index (χ3v) is 4.48. The van der Waals surface area contributed by atoms with Gasteiger partial charge in [0.2, 0.25) is 10.0 Å². The van der Waals surface area contributed by atoms with Crippen LogP contribution in [0.5, 0.6) is 0 Å². The van der Waals surface area contributed by atoms with E-state index >= 15 is 0 Å². The molecule has 2 N–H and O–H groups in total. The molecule has 0 heterocycles. The summed E-state index contributed by atoms with van der Waals surface area (Å²) in [5.74, 6) is -1.50. The Kier molecular flexibility index (Phi) is 5.48. The van der Waals surface area contributed by atoms with Gasteiger partial charge >= 0.3 is 12.1 Å². The van der Waals surface area contributed by atoms with Gasteiger partial charge in [0.05, 0.1) is 22.0 Å². The van der Waals surface area contributed by atoms with Crippen LogP contribution in [0.25, 0.3) is 0 Å². The van der Waals surface area contributed by atoms with Crippen molar-refractivity contribution in [2.45, 2.75) is 17.5 Å². The van der Waals surface area contributed by atoms with Gasteiger partial charge in [-0.3, -0.25) is 0 Å². The highest BCUT2D eigenvalue weighted by Crippen LogP contribution is 2.29. The first kappa shape index (κ1) is 18.0. The van der Waals surface area contributed by atoms with Gasteiger partial charge in [-0.1, -0.05) is 23.2 Å². The highest BCUT2D eigenvalue weighted by molar-refractivity contribution is 7.89. The molecule has 1 rings (SSSR count). The van der Waals surface area contributed by atoms with Gasteiger partial charge in [-0.05, 0) is 12.1 Å². The van der Waals surface area contributed by atoms with E-state index in [0.29, 0.717) is 6.07 Å². The lowest BCUT2D eigenvalue weighted by Crippen LogP contribution is -2.28. The molecule has 0 saturated heterocycles. The molecule has 1 aromatic rings. The average Bonchev–Trinajstić information content (AvgIpc) is 2.25. The third-order valence-electron chi connectivity index (χ3n) is 2.24. The maximum atomic E-state index is 12.0. The predicted octanol–water partition coefficient (Wildman–Crippen LogP) is 2.92. The van der Waals surface area contributed by atoms with Crippen LogP contribution in [0.1, 0.15) is 16.8 Å². The second kappa shape index (κ2) is 6.39. The van der Waals surface area contributed by atoms with Gasteiger partial charge in [-0.2, -0.15) is 13.2 Å². The molecule has 21 heavy (non-hydrogen) atoms. The summed E-state index contributed by atoms with van der Waals surface area (Å²) >= 11 is 11.2. The fraction of sp³-hybridized carbons (Fsp3) is 0.300. The molecule has 0 bridgehead atoms. The lowest BCUT2D eigenvalue weighted by molar-refractivity contribution is -0.132. The Hall–Kier alpha value is -1.03. The first-order chi connectivity index (χ1) is 9.44. The fourth-order valence-electron chi connectivity index (χ4n) is 1.30. The van der Waals surface area contributed by atoms with Crippen molar-refractivity contribution in [3.8, 4) is 0 Å². The number of alkyl halides is 3. The van der Waals surface area contributed by atoms with Crippen LogP contribution >= 0.6 is 23.2 Å². The maximum Gasteiger partial charge on any atom is 0.390 e. The molecule has 0 aliphatic heterocycles. The van der Waals surface area contributed by atoms with E-state index in [1.165, 1.54) is 0 Å². The van der Waals surface area contributed by atoms with Crippen molar-refractivity contribution >= 4 is 39.2 Å². The molecule has 0 aliphatic rings. The zero-order valence-corrected chi connectivity index (χ0v) is 12.4. The number of carbonyl (C=O) groups is 1. The zero-order chi connectivity index (χ0) is 16.4. The topological polar surface area (TPSA) is 83.5 Å². The van der Waals surface area contributed by atoms with Crippen LogP contribution in [0.15, 0.2) is 17.0 Å². The van der Waals surface area contributed by atoms with E-state index in [9.17, 15) is 26.4 Å². The van der Waals surface area contributed by atoms with Crippen LogP contribution in [0.2, 0.25) is 10.0 Å². The number of benzene rings is 1. The quantitative estimate of drug-likeness (QED) is 0.840. The molecule has 0 spiro atoms. The summed E-state index contributed by atoms with van der Waals surface area (Å²) in [5, 5.41) is 8.15. The molecule has 0 radical (unpaired) electrons. The summed E-state index contributed by atoms with van der Waals surface area (Å²) in [6.07, 6.45) is -5.90. The molecule has 0 atom stereocenters. The van der Waals surface area contributed by atoms with Gasteiger partial charge < -0.3 is 5.11 Å². The smallest absolute Gasteiger partial charge is 0.390 e. The molecular weight excluding hydrogens is 358 g/mol. The van der Waals surface area contributed by atoms with Crippen molar-refractivity contribution in [1.29, 1.82) is 0 Å². The second-order valence-electron chi connectivity index (χ2n) is 3.83. The van der Waals surface area contributed by atoms with E-state index in [0.717, 1.165) is 6.07 Å². The molecular formula is C10H8Cl2F3NO4S. The van der Waals surface area contributed by atoms with Crippen molar-refractivity contribution < 1.29 is 31.5 Å². The Morgan fingerprint density at radius 2 is 1.81 bits per heavy atom. The van der Waals surface area contributed by atoms with E-state index in [1.807, 2.05) is 0 Å². The lowest BCUT2D eigenvalue weighted by atomic mass is 10.2. The number of sulfonamides is 1. The van der Waals surface area contributed by atoms with Crippen LogP contribution in [0, 0.1) is 0 Å². The maximum absolute atomic E-state index is 12.0. The highest BCUT2D eigenvalue weighted by Gasteiger charge is 2.28. The standard InChI is InChI=1S/C10H8Cl2F3NO4S/c11-6-4-7(12)8(3-5(6)9(17)18)21(19,20)16-2-1-10(13,14)15/h3-4,16H,1-2H2,(H,17,18). The van der Waals surface area contributed by atoms with E-state index in [1.54, 1.807) is 4.72 Å². The lowest BCUT2D eigenvalue weighted by Gasteiger charge is -2.11. The van der Waals surface area contributed by atoms with Gasteiger partial charge in [0.25, 0.3) is 0 Å². The summed E-state index contributed by atoms with van der Waals surface area (Å²) in [6.45, 7) is -0.896. The predicted molar refractivity (Wildman–Crippen MR) is 69.3 cm³/mol. The van der Waals surface area contributed by atoms with Crippen molar-refractivity contribution in [2.24, 2.45) is 0 Å². The van der Waals surface area contributed by atoms with Crippen molar-refractivity contribution in [1.82, 2.24) is 4.72 Å². The van der Waals surface area contributed by atoms with E-state index < -0.39 is 50.6 Å². The van der Waals surface area contributed by atoms with E-state index in [2.05, 4.69) is 0 Å². The largest absolute Gasteiger partial charge is 0.478 e. The van der Waals surface area contributed by atoms with Crippen LogP contribution in [0.4, 0.5) is 13.2 Å². The number of carboxylic acids is 1. The van der Waals surface area contributed by atoms with Gasteiger partial charge in [-0.15, -0.1) is 0 Å². The molecule has 118 valence electrons. The Bertz CT molecular complexity index is 661. The molecule has 0 unspecified atom stereocenters. The minimum Gasteiger partial charge on any atom is -0.478 e. The van der Waals surface area contributed by atoms with Crippen LogP contribution in [-0.4, -0.2) is 32.2 Å². The second-order valence-corrected chi connectivity index (χ2v) is 6.38. The van der Waals surface area contributed by atoms with Gasteiger partial charge in [-0.25, -0.2) is 17.9 Å². The monoisotopic (exact) mass is 365 g/mol. The van der Waals surface area contributed by atoms with Crippen molar-refractivity contribution in [3.63, 3.8) is 0 Å². The van der Waals surface area contributed by atoms with Crippen LogP contribution in [-0.2, 0) is 10.0 Å². The molecule has 5 nitrogen and oxygen atoms in total. The highest BCUT2D eigenvalue weighted by atomic mass is 35.5. The van der Waals surface area contributed by atoms with Gasteiger partial charge in [0, 0.05) is 6.54 Å². The minimum atomic E-state index is -4.53. The molecule has 0 aromatic heterocycles. The molecule has 0 amide bonds. The van der Waals surface area contributed by atoms with Crippen molar-refractivity contribution in [3.05, 3.63) is 27.7 Å². The zero-order valence-electron chi connectivity index (χ0n) is 10.0. The van der Waals surface area contributed by atoms with E-state index in [4.69, 9.17) is 28.3 Å². The molecule has 0 fully saturated rings. The fourth-order valence-corrected chi connectivity index (χ4v) is 3.19. The summed E-state index contributed by atoms with van der Waals surface area (Å²) in [5.41, 5.74) is -0.530. The molecule has 0 aliphatic carbocycles. The van der Waals surface area contributed by atoms with E-state index in [-0.39, 0.29) is 5.02 Å². The summed E-state index contributed by atoms with van der Waals surface area (Å²) in [4.78, 5) is 10.2. The molecule has 0 saturated carbocycles. The Balaban J connectivity index is 3.08. The number of carboxylic acid groups (broad SMARTS) is 1. The average molecular weight is 366 g/mol. The van der Waals surface area contributed by atoms with Gasteiger partial charge in [0.15, 0.2) is 0 Å². The first-order valence-corrected chi connectivity index (χ1v) is 7.47. The van der Waals surface area contributed by atoms with Crippen LogP contribution < -0.4 is 4.72 Å². The third kappa shape index (κ3) is 5.03. The summed E-state index contributed by atoms with van der Waals surface area (Å²) in [7, 11) is -4.39. The Labute approximate surface area is 127 Å². The Morgan fingerprint density at radius 1 is 1.24 bits per heavy atom. The Morgan fingerprint density at radius 3 is 2.29 bits per heavy atom. The number of aromatic carboxylic acids is 1. The van der Waals surface area contributed by atoms with Gasteiger partial charge in [0.1, 0.15) is 4.90 Å². The number of hydrogen-bond acceptors (Lipinski definition) is 3. The molecule has 11 heteroatoms. The normalized spacial score (nSPS) is 12.4. The van der Waals surface area contributed by atoms with Crippen LogP contribution in [0.3, 0.4) is 0 Å². The van der Waals surface area contributed by atoms with Crippen molar-refractivity contribution in [2.75, 3.05) is 6.54 Å². The number of hydrogen-bond donors (Lipinski definition) is 2. The minimum absolute atomic E-state index is 0.290. The summed E-state index contributed by atoms with van der Waals surface area (Å²) < 4.78 is 61.3.